The summed E-state index contributed by atoms with van der Waals surface area (Å²) in [5.74, 6) is 0. The van der Waals surface area contributed by atoms with Crippen molar-refractivity contribution in [3.8, 4) is 12.1 Å². The smallest absolute Gasteiger partial charge is 0.123 e. The molecule has 0 aliphatic carbocycles. The van der Waals surface area contributed by atoms with Gasteiger partial charge in [0.2, 0.25) is 0 Å². The zero-order valence-corrected chi connectivity index (χ0v) is 8.35. The maximum Gasteiger partial charge on any atom is 0.123 e. The van der Waals surface area contributed by atoms with Crippen LogP contribution in [-0.4, -0.2) is 0 Å². The molecule has 0 atom stereocenters. The third-order valence-corrected chi connectivity index (χ3v) is 3.37. The van der Waals surface area contributed by atoms with Gasteiger partial charge in [0, 0.05) is 10.1 Å². The van der Waals surface area contributed by atoms with Gasteiger partial charge >= 0.3 is 0 Å². The molecule has 0 unspecified atom stereocenters. The fourth-order valence-corrected chi connectivity index (χ4v) is 2.47. The number of hydrogen-bond acceptors (Lipinski definition) is 3. The molecule has 0 saturated heterocycles. The van der Waals surface area contributed by atoms with Crippen LogP contribution in [0.15, 0.2) is 18.2 Å². The number of nitrogens with zero attached hydrogens (tertiary/aromatic N) is 2. The summed E-state index contributed by atoms with van der Waals surface area (Å²) >= 11 is 1.39. The molecule has 1 aromatic carbocycles. The third-order valence-electron chi connectivity index (χ3n) is 2.13. The number of rotatable bonds is 0. The summed E-state index contributed by atoms with van der Waals surface area (Å²) in [5, 5.41) is 18.7. The van der Waals surface area contributed by atoms with Crippen LogP contribution in [0.3, 0.4) is 0 Å². The molecule has 1 aromatic heterocycles. The van der Waals surface area contributed by atoms with Crippen molar-refractivity contribution in [1.29, 1.82) is 10.5 Å². The molecule has 0 saturated carbocycles. The van der Waals surface area contributed by atoms with E-state index in [1.807, 2.05) is 25.1 Å². The lowest BCUT2D eigenvalue weighted by molar-refractivity contribution is 1.48. The highest BCUT2D eigenvalue weighted by atomic mass is 32.1. The standard InChI is InChI=1S/C11H6N2S/c1-7-3-2-4-8-9(5-12)10(6-13)14-11(7)8/h2-4H,1H3. The molecule has 0 amide bonds. The molecular formula is C11H6N2S. The molecule has 0 spiro atoms. The van der Waals surface area contributed by atoms with Crippen molar-refractivity contribution in [2.45, 2.75) is 6.92 Å². The molecule has 2 aromatic rings. The fraction of sp³-hybridized carbons (Fsp3) is 0.0909. The fourth-order valence-electron chi connectivity index (χ4n) is 1.45. The van der Waals surface area contributed by atoms with Gasteiger partial charge in [-0.2, -0.15) is 10.5 Å². The number of hydrogen-bond donors (Lipinski definition) is 0. The van der Waals surface area contributed by atoms with Crippen LogP contribution in [0.4, 0.5) is 0 Å². The van der Waals surface area contributed by atoms with Crippen LogP contribution in [0, 0.1) is 29.6 Å². The predicted molar refractivity (Wildman–Crippen MR) is 56.0 cm³/mol. The summed E-state index contributed by atoms with van der Waals surface area (Å²) in [6.45, 7) is 1.99. The monoisotopic (exact) mass is 198 g/mol. The van der Waals surface area contributed by atoms with Crippen LogP contribution in [-0.2, 0) is 0 Å². The van der Waals surface area contributed by atoms with Gasteiger partial charge in [-0.3, -0.25) is 0 Å². The maximum atomic E-state index is 8.93. The Kier molecular flexibility index (Phi) is 1.96. The normalized spacial score (nSPS) is 9.64. The molecule has 0 aliphatic rings. The molecule has 0 aliphatic heterocycles. The second kappa shape index (κ2) is 3.14. The summed E-state index contributed by atoms with van der Waals surface area (Å²) in [7, 11) is 0. The Morgan fingerprint density at radius 1 is 1.21 bits per heavy atom. The highest BCUT2D eigenvalue weighted by Crippen LogP contribution is 2.32. The molecule has 0 fully saturated rings. The van der Waals surface area contributed by atoms with Gasteiger partial charge < -0.3 is 0 Å². The van der Waals surface area contributed by atoms with Crippen molar-refractivity contribution in [3.63, 3.8) is 0 Å². The van der Waals surface area contributed by atoms with Gasteiger partial charge in [-0.1, -0.05) is 18.2 Å². The van der Waals surface area contributed by atoms with Gasteiger partial charge in [-0.15, -0.1) is 11.3 Å². The average Bonchev–Trinajstić information content (AvgIpc) is 2.57. The Labute approximate surface area is 85.6 Å². The second-order valence-electron chi connectivity index (χ2n) is 2.98. The Morgan fingerprint density at radius 2 is 2.00 bits per heavy atom. The zero-order valence-electron chi connectivity index (χ0n) is 7.53. The minimum absolute atomic E-state index is 0.510. The molecule has 14 heavy (non-hydrogen) atoms. The Morgan fingerprint density at radius 3 is 2.64 bits per heavy atom. The molecular weight excluding hydrogens is 192 g/mol. The van der Waals surface area contributed by atoms with Crippen LogP contribution in [0.1, 0.15) is 16.0 Å². The average molecular weight is 198 g/mol. The van der Waals surface area contributed by atoms with E-state index in [0.29, 0.717) is 10.4 Å². The maximum absolute atomic E-state index is 8.93. The number of benzene rings is 1. The Hall–Kier alpha value is -1.84. The number of nitriles is 2. The molecule has 2 rings (SSSR count). The van der Waals surface area contributed by atoms with Gasteiger partial charge in [-0.25, -0.2) is 0 Å². The lowest BCUT2D eigenvalue weighted by Crippen LogP contribution is -1.75. The topological polar surface area (TPSA) is 47.6 Å². The van der Waals surface area contributed by atoms with Crippen LogP contribution < -0.4 is 0 Å². The molecule has 0 N–H and O–H groups in total. The largest absolute Gasteiger partial charge is 0.192 e. The molecule has 2 nitrogen and oxygen atoms in total. The van der Waals surface area contributed by atoms with E-state index >= 15 is 0 Å². The van der Waals surface area contributed by atoms with Gasteiger partial charge in [0.25, 0.3) is 0 Å². The quantitative estimate of drug-likeness (QED) is 0.653. The van der Waals surface area contributed by atoms with E-state index in [9.17, 15) is 0 Å². The van der Waals surface area contributed by atoms with E-state index in [-0.39, 0.29) is 0 Å². The Balaban J connectivity index is 2.97. The first-order chi connectivity index (χ1) is 6.77. The lowest BCUT2D eigenvalue weighted by Gasteiger charge is -1.92. The molecule has 3 heteroatoms. The third kappa shape index (κ3) is 1.08. The summed E-state index contributed by atoms with van der Waals surface area (Å²) in [6.07, 6.45) is 0. The highest BCUT2D eigenvalue weighted by molar-refractivity contribution is 7.20. The summed E-state index contributed by atoms with van der Waals surface area (Å²) in [4.78, 5) is 0.511. The van der Waals surface area contributed by atoms with Gasteiger partial charge in [0.15, 0.2) is 0 Å². The van der Waals surface area contributed by atoms with Crippen LogP contribution in [0.25, 0.3) is 10.1 Å². The van der Waals surface area contributed by atoms with Crippen molar-refractivity contribution in [2.24, 2.45) is 0 Å². The summed E-state index contributed by atoms with van der Waals surface area (Å²) < 4.78 is 1.04. The second-order valence-corrected chi connectivity index (χ2v) is 4.00. The van der Waals surface area contributed by atoms with Crippen molar-refractivity contribution in [2.75, 3.05) is 0 Å². The zero-order chi connectivity index (χ0) is 10.1. The van der Waals surface area contributed by atoms with Gasteiger partial charge in [-0.05, 0) is 12.5 Å². The van der Waals surface area contributed by atoms with E-state index in [1.165, 1.54) is 11.3 Å². The predicted octanol–water partition coefficient (Wildman–Crippen LogP) is 2.95. The van der Waals surface area contributed by atoms with Gasteiger partial charge in [0.05, 0.1) is 5.56 Å². The number of aryl methyl sites for hydroxylation is 1. The number of fused-ring (bicyclic) bond motifs is 1. The first-order valence-electron chi connectivity index (χ1n) is 4.10. The van der Waals surface area contributed by atoms with Gasteiger partial charge in [0.1, 0.15) is 17.0 Å². The molecule has 0 radical (unpaired) electrons. The van der Waals surface area contributed by atoms with E-state index in [4.69, 9.17) is 10.5 Å². The summed E-state index contributed by atoms with van der Waals surface area (Å²) in [5.41, 5.74) is 1.63. The highest BCUT2D eigenvalue weighted by Gasteiger charge is 2.11. The van der Waals surface area contributed by atoms with Crippen molar-refractivity contribution < 1.29 is 0 Å². The molecule has 66 valence electrons. The van der Waals surface area contributed by atoms with Crippen LogP contribution in [0.5, 0.6) is 0 Å². The van der Waals surface area contributed by atoms with Crippen molar-refractivity contribution >= 4 is 21.4 Å². The Bertz CT molecular complexity index is 582. The minimum atomic E-state index is 0.510. The first kappa shape index (κ1) is 8.74. The van der Waals surface area contributed by atoms with Crippen LogP contribution in [0.2, 0.25) is 0 Å². The van der Waals surface area contributed by atoms with E-state index in [0.717, 1.165) is 15.6 Å². The first-order valence-corrected chi connectivity index (χ1v) is 4.92. The molecule has 1 heterocycles. The van der Waals surface area contributed by atoms with Crippen LogP contribution >= 0.6 is 11.3 Å². The molecule has 0 bridgehead atoms. The number of thiophene rings is 1. The summed E-state index contributed by atoms with van der Waals surface area (Å²) in [6, 6.07) is 9.93. The minimum Gasteiger partial charge on any atom is -0.192 e. The van der Waals surface area contributed by atoms with Crippen molar-refractivity contribution in [1.82, 2.24) is 0 Å². The van der Waals surface area contributed by atoms with E-state index < -0.39 is 0 Å². The lowest BCUT2D eigenvalue weighted by atomic mass is 10.1. The SMILES string of the molecule is Cc1cccc2c(C#N)c(C#N)sc12. The van der Waals surface area contributed by atoms with E-state index in [1.54, 1.807) is 0 Å². The van der Waals surface area contributed by atoms with Crippen molar-refractivity contribution in [3.05, 3.63) is 34.2 Å². The van der Waals surface area contributed by atoms with E-state index in [2.05, 4.69) is 12.1 Å².